The molecule has 1 aliphatic carbocycles. The third-order valence-electron chi connectivity index (χ3n) is 4.49. The molecule has 8 heteroatoms. The minimum absolute atomic E-state index is 0.0379. The highest BCUT2D eigenvalue weighted by Crippen LogP contribution is 2.24. The van der Waals surface area contributed by atoms with Crippen molar-refractivity contribution in [2.75, 3.05) is 5.32 Å². The zero-order chi connectivity index (χ0) is 18.6. The van der Waals surface area contributed by atoms with Crippen molar-refractivity contribution in [2.24, 2.45) is 0 Å². The van der Waals surface area contributed by atoms with Crippen LogP contribution in [0.4, 0.5) is 5.69 Å². The molecule has 2 aromatic rings. The molecule has 3 rings (SSSR count). The van der Waals surface area contributed by atoms with Crippen LogP contribution in [-0.4, -0.2) is 25.5 Å². The summed E-state index contributed by atoms with van der Waals surface area (Å²) >= 11 is 0. The van der Waals surface area contributed by atoms with E-state index in [9.17, 15) is 18.3 Å². The van der Waals surface area contributed by atoms with E-state index in [1.54, 1.807) is 12.1 Å². The fourth-order valence-corrected chi connectivity index (χ4v) is 4.46. The van der Waals surface area contributed by atoms with Gasteiger partial charge in [0.05, 0.1) is 23.3 Å². The van der Waals surface area contributed by atoms with Crippen LogP contribution < -0.4 is 10.0 Å². The van der Waals surface area contributed by atoms with Gasteiger partial charge in [0, 0.05) is 11.7 Å². The van der Waals surface area contributed by atoms with Gasteiger partial charge in [-0.25, -0.2) is 17.9 Å². The summed E-state index contributed by atoms with van der Waals surface area (Å²) in [6.45, 7) is 0.305. The van der Waals surface area contributed by atoms with Crippen LogP contribution in [0.25, 0.3) is 0 Å². The number of nitrogens with one attached hydrogen (secondary N) is 2. The minimum atomic E-state index is -3.75. The number of carbonyl (C=O) groups is 1. The van der Waals surface area contributed by atoms with Crippen molar-refractivity contribution in [3.8, 4) is 0 Å². The van der Waals surface area contributed by atoms with E-state index in [1.807, 2.05) is 0 Å². The summed E-state index contributed by atoms with van der Waals surface area (Å²) in [7, 11) is -3.75. The molecule has 7 nitrogen and oxygen atoms in total. The molecule has 0 spiro atoms. The Kier molecular flexibility index (Phi) is 5.63. The van der Waals surface area contributed by atoms with Crippen LogP contribution in [0.3, 0.4) is 0 Å². The molecular weight excluding hydrogens is 356 g/mol. The highest BCUT2D eigenvalue weighted by atomic mass is 32.2. The van der Waals surface area contributed by atoms with Gasteiger partial charge in [-0.2, -0.15) is 0 Å². The van der Waals surface area contributed by atoms with E-state index in [1.165, 1.54) is 24.5 Å². The van der Waals surface area contributed by atoms with Gasteiger partial charge in [-0.05, 0) is 43.2 Å². The van der Waals surface area contributed by atoms with Crippen molar-refractivity contribution in [3.63, 3.8) is 0 Å². The molecule has 0 aliphatic heterocycles. The van der Waals surface area contributed by atoms with E-state index in [-0.39, 0.29) is 16.5 Å². The second kappa shape index (κ2) is 7.92. The van der Waals surface area contributed by atoms with Crippen molar-refractivity contribution in [1.29, 1.82) is 0 Å². The van der Waals surface area contributed by atoms with Crippen LogP contribution >= 0.6 is 0 Å². The predicted molar refractivity (Wildman–Crippen MR) is 96.6 cm³/mol. The Hall–Kier alpha value is -2.32. The summed E-state index contributed by atoms with van der Waals surface area (Å²) in [5.74, 6) is -0.543. The zero-order valence-electron chi connectivity index (χ0n) is 14.3. The Morgan fingerprint density at radius 2 is 1.96 bits per heavy atom. The highest BCUT2D eigenvalue weighted by molar-refractivity contribution is 7.89. The standard InChI is InChI=1S/C18H22N2O5S/c21-18(22)16-11-15(26(23,24)20-13-5-2-1-3-6-13)8-9-17(16)19-12-14-7-4-10-25-14/h4,7-11,13,19-20H,1-3,5-6,12H2,(H,21,22). The molecule has 0 atom stereocenters. The average molecular weight is 378 g/mol. The molecule has 0 amide bonds. The maximum Gasteiger partial charge on any atom is 0.337 e. The van der Waals surface area contributed by atoms with Crippen molar-refractivity contribution in [2.45, 2.75) is 49.6 Å². The van der Waals surface area contributed by atoms with Gasteiger partial charge < -0.3 is 14.8 Å². The topological polar surface area (TPSA) is 109 Å². The molecule has 0 saturated heterocycles. The maximum atomic E-state index is 12.6. The molecule has 1 aromatic carbocycles. The lowest BCUT2D eigenvalue weighted by Gasteiger charge is -2.22. The molecular formula is C18H22N2O5S. The zero-order valence-corrected chi connectivity index (χ0v) is 15.1. The summed E-state index contributed by atoms with van der Waals surface area (Å²) in [5.41, 5.74) is 0.244. The van der Waals surface area contributed by atoms with E-state index in [0.29, 0.717) is 18.0 Å². The lowest BCUT2D eigenvalue weighted by atomic mass is 9.96. The van der Waals surface area contributed by atoms with Gasteiger partial charge in [-0.15, -0.1) is 0 Å². The number of carboxylic acid groups (broad SMARTS) is 1. The highest BCUT2D eigenvalue weighted by Gasteiger charge is 2.23. The normalized spacial score (nSPS) is 15.7. The lowest BCUT2D eigenvalue weighted by molar-refractivity contribution is 0.0697. The second-order valence-electron chi connectivity index (χ2n) is 6.40. The van der Waals surface area contributed by atoms with Crippen molar-refractivity contribution < 1.29 is 22.7 Å². The van der Waals surface area contributed by atoms with Gasteiger partial charge in [-0.3, -0.25) is 0 Å². The van der Waals surface area contributed by atoms with E-state index in [4.69, 9.17) is 4.42 Å². The Labute approximate surface area is 152 Å². The summed E-state index contributed by atoms with van der Waals surface area (Å²) in [4.78, 5) is 11.5. The third-order valence-corrected chi connectivity index (χ3v) is 6.01. The van der Waals surface area contributed by atoms with Crippen LogP contribution in [0.2, 0.25) is 0 Å². The summed E-state index contributed by atoms with van der Waals surface area (Å²) in [6.07, 6.45) is 6.28. The summed E-state index contributed by atoms with van der Waals surface area (Å²) in [6, 6.07) is 7.50. The van der Waals surface area contributed by atoms with Crippen molar-refractivity contribution in [1.82, 2.24) is 4.72 Å². The van der Waals surface area contributed by atoms with Crippen LogP contribution in [0.1, 0.15) is 48.2 Å². The maximum absolute atomic E-state index is 12.6. The number of aromatic carboxylic acids is 1. The van der Waals surface area contributed by atoms with E-state index < -0.39 is 16.0 Å². The Morgan fingerprint density at radius 3 is 2.62 bits per heavy atom. The van der Waals surface area contributed by atoms with Gasteiger partial charge in [0.15, 0.2) is 0 Å². The SMILES string of the molecule is O=C(O)c1cc(S(=O)(=O)NC2CCCCC2)ccc1NCc1ccco1. The number of sulfonamides is 1. The molecule has 1 aliphatic rings. The third kappa shape index (κ3) is 4.44. The quantitative estimate of drug-likeness (QED) is 0.683. The molecule has 1 fully saturated rings. The molecule has 0 radical (unpaired) electrons. The number of carboxylic acids is 1. The number of rotatable bonds is 7. The van der Waals surface area contributed by atoms with Crippen LogP contribution in [0.5, 0.6) is 0 Å². The van der Waals surface area contributed by atoms with Gasteiger partial charge in [0.2, 0.25) is 10.0 Å². The smallest absolute Gasteiger partial charge is 0.337 e. The average Bonchev–Trinajstić information content (AvgIpc) is 3.13. The van der Waals surface area contributed by atoms with E-state index in [0.717, 1.165) is 32.1 Å². The fourth-order valence-electron chi connectivity index (χ4n) is 3.13. The number of anilines is 1. The summed E-state index contributed by atoms with van der Waals surface area (Å²) in [5, 5.41) is 12.4. The monoisotopic (exact) mass is 378 g/mol. The Morgan fingerprint density at radius 1 is 1.19 bits per heavy atom. The molecule has 1 heterocycles. The molecule has 1 aromatic heterocycles. The number of furan rings is 1. The van der Waals surface area contributed by atoms with Gasteiger partial charge in [-0.1, -0.05) is 19.3 Å². The first-order chi connectivity index (χ1) is 12.5. The number of hydrogen-bond donors (Lipinski definition) is 3. The summed E-state index contributed by atoms with van der Waals surface area (Å²) < 4.78 is 33.1. The Balaban J connectivity index is 1.79. The number of hydrogen-bond acceptors (Lipinski definition) is 5. The largest absolute Gasteiger partial charge is 0.478 e. The molecule has 3 N–H and O–H groups in total. The van der Waals surface area contributed by atoms with Crippen LogP contribution in [0, 0.1) is 0 Å². The van der Waals surface area contributed by atoms with Gasteiger partial charge in [0.1, 0.15) is 5.76 Å². The minimum Gasteiger partial charge on any atom is -0.478 e. The van der Waals surface area contributed by atoms with Crippen molar-refractivity contribution in [3.05, 3.63) is 47.9 Å². The van der Waals surface area contributed by atoms with E-state index >= 15 is 0 Å². The first-order valence-electron chi connectivity index (χ1n) is 8.61. The molecule has 26 heavy (non-hydrogen) atoms. The molecule has 1 saturated carbocycles. The van der Waals surface area contributed by atoms with Crippen LogP contribution in [-0.2, 0) is 16.6 Å². The van der Waals surface area contributed by atoms with Gasteiger partial charge >= 0.3 is 5.97 Å². The predicted octanol–water partition coefficient (Wildman–Crippen LogP) is 3.20. The lowest BCUT2D eigenvalue weighted by Crippen LogP contribution is -2.36. The number of benzene rings is 1. The van der Waals surface area contributed by atoms with Crippen LogP contribution in [0.15, 0.2) is 45.9 Å². The Bertz CT molecular complexity index is 856. The molecule has 140 valence electrons. The molecule has 0 unspecified atom stereocenters. The van der Waals surface area contributed by atoms with Crippen molar-refractivity contribution >= 4 is 21.7 Å². The second-order valence-corrected chi connectivity index (χ2v) is 8.12. The first-order valence-corrected chi connectivity index (χ1v) is 10.1. The van der Waals surface area contributed by atoms with E-state index in [2.05, 4.69) is 10.0 Å². The van der Waals surface area contributed by atoms with Gasteiger partial charge in [0.25, 0.3) is 0 Å². The molecule has 0 bridgehead atoms. The fraction of sp³-hybridized carbons (Fsp3) is 0.389. The first kappa shape index (κ1) is 18.5.